The van der Waals surface area contributed by atoms with E-state index in [2.05, 4.69) is 42.7 Å². The zero-order chi connectivity index (χ0) is 14.6. The van der Waals surface area contributed by atoms with Gasteiger partial charge in [-0.05, 0) is 13.8 Å². The molecule has 5 nitrogen and oxygen atoms in total. The van der Waals surface area contributed by atoms with Crippen molar-refractivity contribution < 1.29 is 4.74 Å². The highest BCUT2D eigenvalue weighted by atomic mass is 16.5. The van der Waals surface area contributed by atoms with E-state index in [1.807, 2.05) is 13.8 Å². The first kappa shape index (κ1) is 15.4. The van der Waals surface area contributed by atoms with Crippen molar-refractivity contribution in [3.05, 3.63) is 23.5 Å². The lowest BCUT2D eigenvalue weighted by atomic mass is 9.95. The number of nitrogens with zero attached hydrogens (tertiary/aromatic N) is 2. The van der Waals surface area contributed by atoms with Crippen LogP contribution in [0.3, 0.4) is 0 Å². The topological polar surface area (TPSA) is 73.1 Å². The number of rotatable bonds is 5. The van der Waals surface area contributed by atoms with Crippen molar-refractivity contribution in [2.75, 3.05) is 12.0 Å². The Morgan fingerprint density at radius 2 is 2.00 bits per heavy atom. The molecule has 1 aromatic rings. The Labute approximate surface area is 115 Å². The molecule has 106 valence electrons. The molecule has 0 fully saturated rings. The van der Waals surface area contributed by atoms with E-state index in [0.717, 1.165) is 17.6 Å². The van der Waals surface area contributed by atoms with E-state index < -0.39 is 0 Å². The molecule has 0 unspecified atom stereocenters. The van der Waals surface area contributed by atoms with E-state index in [0.29, 0.717) is 24.1 Å². The average molecular weight is 264 g/mol. The molecule has 1 aromatic heterocycles. The molecule has 5 heteroatoms. The summed E-state index contributed by atoms with van der Waals surface area (Å²) in [6.07, 6.45) is 0.805. The highest BCUT2D eigenvalue weighted by Crippen LogP contribution is 2.27. The molecule has 0 bridgehead atoms. The van der Waals surface area contributed by atoms with Crippen LogP contribution in [-0.4, -0.2) is 16.6 Å². The fraction of sp³-hybridized carbons (Fsp3) is 0.571. The van der Waals surface area contributed by atoms with E-state index >= 15 is 0 Å². The minimum Gasteiger partial charge on any atom is -0.477 e. The summed E-state index contributed by atoms with van der Waals surface area (Å²) in [5, 5.41) is 0. The van der Waals surface area contributed by atoms with Crippen molar-refractivity contribution in [2.45, 2.75) is 46.5 Å². The quantitative estimate of drug-likeness (QED) is 0.486. The molecule has 19 heavy (non-hydrogen) atoms. The van der Waals surface area contributed by atoms with Gasteiger partial charge in [-0.15, -0.1) is 6.58 Å². The highest BCUT2D eigenvalue weighted by Gasteiger charge is 2.21. The third-order valence-electron chi connectivity index (χ3n) is 2.68. The lowest BCUT2D eigenvalue weighted by Gasteiger charge is -2.20. The Morgan fingerprint density at radius 1 is 1.37 bits per heavy atom. The molecule has 0 aliphatic rings. The third kappa shape index (κ3) is 4.21. The SMILES string of the molecule is C=C(C)CCOc1nc(C(C)(C)C)nc(NN)c1C. The second-order valence-corrected chi connectivity index (χ2v) is 5.78. The molecule has 0 atom stereocenters. The smallest absolute Gasteiger partial charge is 0.221 e. The van der Waals surface area contributed by atoms with Crippen molar-refractivity contribution in [1.29, 1.82) is 0 Å². The van der Waals surface area contributed by atoms with Crippen LogP contribution < -0.4 is 16.0 Å². The predicted molar refractivity (Wildman–Crippen MR) is 78.2 cm³/mol. The molecule has 1 rings (SSSR count). The zero-order valence-corrected chi connectivity index (χ0v) is 12.5. The van der Waals surface area contributed by atoms with Crippen LogP contribution in [0.15, 0.2) is 12.2 Å². The summed E-state index contributed by atoms with van der Waals surface area (Å²) >= 11 is 0. The molecule has 1 heterocycles. The van der Waals surface area contributed by atoms with Crippen LogP contribution in [0.4, 0.5) is 5.82 Å². The number of aromatic nitrogens is 2. The first-order chi connectivity index (χ1) is 8.75. The molecule has 0 saturated carbocycles. The number of hydrogen-bond donors (Lipinski definition) is 2. The fourth-order valence-electron chi connectivity index (χ4n) is 1.43. The van der Waals surface area contributed by atoms with Crippen LogP contribution in [0.2, 0.25) is 0 Å². The maximum absolute atomic E-state index is 5.72. The maximum atomic E-state index is 5.72. The Balaban J connectivity index is 3.04. The zero-order valence-electron chi connectivity index (χ0n) is 12.5. The van der Waals surface area contributed by atoms with Gasteiger partial charge in [0, 0.05) is 11.8 Å². The number of nitrogen functional groups attached to an aromatic ring is 1. The van der Waals surface area contributed by atoms with Gasteiger partial charge in [0.15, 0.2) is 5.82 Å². The van der Waals surface area contributed by atoms with Gasteiger partial charge >= 0.3 is 0 Å². The van der Waals surface area contributed by atoms with Gasteiger partial charge in [0.2, 0.25) is 5.88 Å². The Morgan fingerprint density at radius 3 is 2.47 bits per heavy atom. The van der Waals surface area contributed by atoms with E-state index in [9.17, 15) is 0 Å². The first-order valence-electron chi connectivity index (χ1n) is 6.38. The van der Waals surface area contributed by atoms with Crippen molar-refractivity contribution in [3.63, 3.8) is 0 Å². The molecule has 0 aliphatic carbocycles. The summed E-state index contributed by atoms with van der Waals surface area (Å²) in [4.78, 5) is 8.91. The first-order valence-corrected chi connectivity index (χ1v) is 6.38. The molecular weight excluding hydrogens is 240 g/mol. The lowest BCUT2D eigenvalue weighted by molar-refractivity contribution is 0.303. The number of nitrogens with one attached hydrogen (secondary N) is 1. The molecule has 3 N–H and O–H groups in total. The summed E-state index contributed by atoms with van der Waals surface area (Å²) in [7, 11) is 0. The summed E-state index contributed by atoms with van der Waals surface area (Å²) < 4.78 is 5.72. The van der Waals surface area contributed by atoms with Gasteiger partial charge in [-0.1, -0.05) is 26.3 Å². The van der Waals surface area contributed by atoms with Crippen molar-refractivity contribution in [3.8, 4) is 5.88 Å². The number of ether oxygens (including phenoxy) is 1. The molecule has 0 aliphatic heterocycles. The fourth-order valence-corrected chi connectivity index (χ4v) is 1.43. The Kier molecular flexibility index (Phi) is 4.89. The molecule has 0 saturated heterocycles. The van der Waals surface area contributed by atoms with Crippen LogP contribution >= 0.6 is 0 Å². The summed E-state index contributed by atoms with van der Waals surface area (Å²) in [5.74, 6) is 7.38. The minimum absolute atomic E-state index is 0.161. The molecule has 0 radical (unpaired) electrons. The number of hydrazine groups is 1. The summed E-state index contributed by atoms with van der Waals surface area (Å²) in [6.45, 7) is 14.4. The van der Waals surface area contributed by atoms with Gasteiger partial charge < -0.3 is 10.2 Å². The van der Waals surface area contributed by atoms with Crippen LogP contribution in [0, 0.1) is 6.92 Å². The van der Waals surface area contributed by atoms with Gasteiger partial charge in [-0.25, -0.2) is 10.8 Å². The molecule has 0 spiro atoms. The average Bonchev–Trinajstić information content (AvgIpc) is 2.29. The van der Waals surface area contributed by atoms with Gasteiger partial charge in [0.25, 0.3) is 0 Å². The van der Waals surface area contributed by atoms with Crippen LogP contribution in [0.25, 0.3) is 0 Å². The monoisotopic (exact) mass is 264 g/mol. The van der Waals surface area contributed by atoms with Crippen molar-refractivity contribution in [1.82, 2.24) is 9.97 Å². The van der Waals surface area contributed by atoms with Gasteiger partial charge in [-0.2, -0.15) is 4.98 Å². The number of anilines is 1. The number of nitrogens with two attached hydrogens (primary N) is 1. The molecule has 0 aromatic carbocycles. The Hall–Kier alpha value is -1.62. The van der Waals surface area contributed by atoms with Crippen molar-refractivity contribution in [2.24, 2.45) is 5.84 Å². The summed E-state index contributed by atoms with van der Waals surface area (Å²) in [6, 6.07) is 0. The van der Waals surface area contributed by atoms with Crippen LogP contribution in [-0.2, 0) is 5.41 Å². The second kappa shape index (κ2) is 6.02. The van der Waals surface area contributed by atoms with Crippen LogP contribution in [0.1, 0.15) is 45.5 Å². The standard InChI is InChI=1S/C14H24N4O/c1-9(2)7-8-19-12-10(3)11(18-15)16-13(17-12)14(4,5)6/h1,7-8,15H2,2-6H3,(H,16,17,18). The van der Waals surface area contributed by atoms with Gasteiger partial charge in [-0.3, -0.25) is 0 Å². The maximum Gasteiger partial charge on any atom is 0.221 e. The van der Waals surface area contributed by atoms with E-state index in [1.54, 1.807) is 0 Å². The van der Waals surface area contributed by atoms with E-state index in [4.69, 9.17) is 10.6 Å². The Bertz CT molecular complexity index is 463. The van der Waals surface area contributed by atoms with Gasteiger partial charge in [0.05, 0.1) is 12.2 Å². The minimum atomic E-state index is -0.161. The number of hydrogen-bond acceptors (Lipinski definition) is 5. The lowest BCUT2D eigenvalue weighted by Crippen LogP contribution is -2.20. The van der Waals surface area contributed by atoms with E-state index in [-0.39, 0.29) is 5.41 Å². The van der Waals surface area contributed by atoms with Crippen molar-refractivity contribution >= 4 is 5.82 Å². The largest absolute Gasteiger partial charge is 0.477 e. The highest BCUT2D eigenvalue weighted by molar-refractivity contribution is 5.48. The van der Waals surface area contributed by atoms with Gasteiger partial charge in [0.1, 0.15) is 5.82 Å². The summed E-state index contributed by atoms with van der Waals surface area (Å²) in [5.41, 5.74) is 4.34. The molecular formula is C14H24N4O. The molecule has 0 amide bonds. The normalized spacial score (nSPS) is 11.3. The second-order valence-electron chi connectivity index (χ2n) is 5.78. The van der Waals surface area contributed by atoms with E-state index in [1.165, 1.54) is 0 Å². The van der Waals surface area contributed by atoms with Crippen LogP contribution in [0.5, 0.6) is 5.88 Å². The third-order valence-corrected chi connectivity index (χ3v) is 2.68. The predicted octanol–water partition coefficient (Wildman–Crippen LogP) is 2.71.